The Kier molecular flexibility index (Phi) is 3.99. The Morgan fingerprint density at radius 2 is 1.89 bits per heavy atom. The largest absolute Gasteiger partial charge is 0.487 e. The lowest BCUT2D eigenvalue weighted by atomic mass is 9.61. The minimum Gasteiger partial charge on any atom is -0.487 e. The van der Waals surface area contributed by atoms with Crippen molar-refractivity contribution in [2.45, 2.75) is 63.7 Å². The average molecular weight is 394 g/mol. The summed E-state index contributed by atoms with van der Waals surface area (Å²) >= 11 is 5.77. The van der Waals surface area contributed by atoms with Gasteiger partial charge < -0.3 is 14.8 Å². The first-order chi connectivity index (χ1) is 13.4. The van der Waals surface area contributed by atoms with Crippen LogP contribution in [0.15, 0.2) is 42.5 Å². The number of hydrogen-bond acceptors (Lipinski definition) is 3. The van der Waals surface area contributed by atoms with Crippen molar-refractivity contribution in [1.29, 1.82) is 0 Å². The standard InChI is InChI=1S/C24H27NO2S/c1-23(2)18-11-12-24(3)13-17(18)20-19(26-24)10-9-16(21(20)27-23)22(28)25-14-15-7-5-4-6-8-15/h4-10,17-18H,11-14H2,1-3H3,(H,25,28)/t17?,18-,24+/m1/s1. The fourth-order valence-corrected chi connectivity index (χ4v) is 5.62. The molecule has 0 spiro atoms. The maximum atomic E-state index is 6.62. The van der Waals surface area contributed by atoms with Crippen LogP contribution in [0.5, 0.6) is 11.5 Å². The van der Waals surface area contributed by atoms with Gasteiger partial charge in [-0.3, -0.25) is 0 Å². The zero-order valence-corrected chi connectivity index (χ0v) is 17.6. The quantitative estimate of drug-likeness (QED) is 0.712. The van der Waals surface area contributed by atoms with E-state index in [0.29, 0.717) is 18.4 Å². The molecule has 0 aromatic heterocycles. The fraction of sp³-hybridized carbons (Fsp3) is 0.458. The fourth-order valence-electron chi connectivity index (χ4n) is 5.39. The Morgan fingerprint density at radius 3 is 2.68 bits per heavy atom. The van der Waals surface area contributed by atoms with Crippen LogP contribution in [0.2, 0.25) is 0 Å². The first-order valence-electron chi connectivity index (χ1n) is 10.2. The summed E-state index contributed by atoms with van der Waals surface area (Å²) in [5.74, 6) is 2.93. The van der Waals surface area contributed by atoms with Crippen LogP contribution in [-0.4, -0.2) is 16.2 Å². The van der Waals surface area contributed by atoms with Gasteiger partial charge in [0.05, 0.1) is 5.56 Å². The van der Waals surface area contributed by atoms with E-state index in [-0.39, 0.29) is 11.2 Å². The highest BCUT2D eigenvalue weighted by atomic mass is 32.1. The summed E-state index contributed by atoms with van der Waals surface area (Å²) in [4.78, 5) is 0.736. The first-order valence-corrected chi connectivity index (χ1v) is 10.6. The van der Waals surface area contributed by atoms with Crippen LogP contribution in [0.3, 0.4) is 0 Å². The number of fused-ring (bicyclic) bond motifs is 1. The van der Waals surface area contributed by atoms with Crippen molar-refractivity contribution < 1.29 is 9.47 Å². The van der Waals surface area contributed by atoms with Crippen LogP contribution >= 0.6 is 12.2 Å². The lowest BCUT2D eigenvalue weighted by molar-refractivity contribution is -0.0727. The van der Waals surface area contributed by atoms with Gasteiger partial charge in [-0.2, -0.15) is 0 Å². The van der Waals surface area contributed by atoms with Crippen LogP contribution in [-0.2, 0) is 6.54 Å². The van der Waals surface area contributed by atoms with Crippen molar-refractivity contribution in [3.05, 3.63) is 59.2 Å². The third-order valence-corrected chi connectivity index (χ3v) is 7.17. The zero-order chi connectivity index (χ0) is 19.5. The Morgan fingerprint density at radius 1 is 1.11 bits per heavy atom. The van der Waals surface area contributed by atoms with Crippen LogP contribution in [0.1, 0.15) is 62.6 Å². The molecule has 3 aliphatic rings. The topological polar surface area (TPSA) is 30.5 Å². The van der Waals surface area contributed by atoms with Gasteiger partial charge >= 0.3 is 0 Å². The molecule has 0 radical (unpaired) electrons. The molecule has 3 atom stereocenters. The van der Waals surface area contributed by atoms with Crippen molar-refractivity contribution in [2.75, 3.05) is 0 Å². The van der Waals surface area contributed by atoms with Crippen LogP contribution < -0.4 is 14.8 Å². The highest BCUT2D eigenvalue weighted by Gasteiger charge is 2.54. The van der Waals surface area contributed by atoms with Crippen molar-refractivity contribution in [2.24, 2.45) is 5.92 Å². The lowest BCUT2D eigenvalue weighted by Gasteiger charge is -2.55. The molecule has 1 unspecified atom stereocenters. The monoisotopic (exact) mass is 393 g/mol. The minimum atomic E-state index is -0.196. The molecule has 146 valence electrons. The van der Waals surface area contributed by atoms with Gasteiger partial charge in [-0.15, -0.1) is 0 Å². The smallest absolute Gasteiger partial charge is 0.137 e. The van der Waals surface area contributed by atoms with Gasteiger partial charge in [0, 0.05) is 23.9 Å². The molecule has 2 aliphatic heterocycles. The van der Waals surface area contributed by atoms with E-state index in [4.69, 9.17) is 21.7 Å². The molecule has 4 heteroatoms. The predicted octanol–water partition coefficient (Wildman–Crippen LogP) is 5.36. The van der Waals surface area contributed by atoms with E-state index in [2.05, 4.69) is 50.4 Å². The number of nitrogens with one attached hydrogen (secondary N) is 1. The van der Waals surface area contributed by atoms with Gasteiger partial charge in [-0.1, -0.05) is 42.5 Å². The molecule has 1 saturated carbocycles. The minimum absolute atomic E-state index is 0.0492. The predicted molar refractivity (Wildman–Crippen MR) is 115 cm³/mol. The summed E-state index contributed by atoms with van der Waals surface area (Å²) in [5.41, 5.74) is 3.19. The average Bonchev–Trinajstić information content (AvgIpc) is 2.65. The zero-order valence-electron chi connectivity index (χ0n) is 16.7. The summed E-state index contributed by atoms with van der Waals surface area (Å²) in [7, 11) is 0. The number of hydrogen-bond donors (Lipinski definition) is 1. The molecule has 1 aliphatic carbocycles. The molecule has 1 fully saturated rings. The van der Waals surface area contributed by atoms with Crippen LogP contribution in [0, 0.1) is 5.92 Å². The van der Waals surface area contributed by atoms with Gasteiger partial charge in [-0.05, 0) is 57.7 Å². The normalized spacial score (nSPS) is 28.7. The maximum absolute atomic E-state index is 6.62. The number of benzene rings is 2. The van der Waals surface area contributed by atoms with E-state index in [1.807, 2.05) is 18.2 Å². The van der Waals surface area contributed by atoms with E-state index < -0.39 is 0 Å². The third kappa shape index (κ3) is 2.81. The molecule has 0 amide bonds. The van der Waals surface area contributed by atoms with Gasteiger partial charge in [0.1, 0.15) is 27.7 Å². The third-order valence-electron chi connectivity index (χ3n) is 6.80. The van der Waals surface area contributed by atoms with E-state index in [0.717, 1.165) is 41.3 Å². The SMILES string of the molecule is CC1(C)Oc2c(C(=S)NCc3ccccc3)ccc3c2C2C[C@](C)(CC[C@H]21)O3. The second kappa shape index (κ2) is 6.21. The molecular formula is C24H27NO2S. The van der Waals surface area contributed by atoms with E-state index in [1.165, 1.54) is 11.1 Å². The molecule has 2 bridgehead atoms. The highest BCUT2D eigenvalue weighted by molar-refractivity contribution is 7.80. The second-order valence-electron chi connectivity index (χ2n) is 9.24. The molecule has 28 heavy (non-hydrogen) atoms. The number of thiocarbonyl (C=S) groups is 1. The summed E-state index contributed by atoms with van der Waals surface area (Å²) in [6, 6.07) is 14.5. The van der Waals surface area contributed by atoms with Crippen molar-refractivity contribution in [3.63, 3.8) is 0 Å². The van der Waals surface area contributed by atoms with Gasteiger partial charge in [0.25, 0.3) is 0 Å². The summed E-state index contributed by atoms with van der Waals surface area (Å²) in [6.45, 7) is 7.43. The van der Waals surface area contributed by atoms with E-state index in [1.54, 1.807) is 0 Å². The highest BCUT2D eigenvalue weighted by Crippen LogP contribution is 2.60. The first kappa shape index (κ1) is 18.0. The summed E-state index contributed by atoms with van der Waals surface area (Å²) < 4.78 is 13.1. The molecule has 2 aromatic rings. The molecule has 5 rings (SSSR count). The van der Waals surface area contributed by atoms with E-state index in [9.17, 15) is 0 Å². The van der Waals surface area contributed by atoms with Crippen molar-refractivity contribution in [1.82, 2.24) is 5.32 Å². The van der Waals surface area contributed by atoms with E-state index >= 15 is 0 Å². The maximum Gasteiger partial charge on any atom is 0.137 e. The Bertz CT molecular complexity index is 939. The molecule has 2 heterocycles. The molecule has 2 aromatic carbocycles. The number of ether oxygens (including phenoxy) is 2. The van der Waals surface area contributed by atoms with Crippen LogP contribution in [0.25, 0.3) is 0 Å². The molecule has 0 saturated heterocycles. The summed E-state index contributed by atoms with van der Waals surface area (Å²) in [6.07, 6.45) is 3.31. The van der Waals surface area contributed by atoms with Crippen LogP contribution in [0.4, 0.5) is 0 Å². The van der Waals surface area contributed by atoms with Gasteiger partial charge in [0.15, 0.2) is 0 Å². The Labute approximate surface area is 172 Å². The number of rotatable bonds is 3. The van der Waals surface area contributed by atoms with Crippen molar-refractivity contribution >= 4 is 17.2 Å². The van der Waals surface area contributed by atoms with Crippen molar-refractivity contribution in [3.8, 4) is 11.5 Å². The molecule has 1 N–H and O–H groups in total. The Balaban J connectivity index is 1.52. The Hall–Kier alpha value is -2.07. The van der Waals surface area contributed by atoms with Gasteiger partial charge in [0.2, 0.25) is 0 Å². The van der Waals surface area contributed by atoms with Gasteiger partial charge in [-0.25, -0.2) is 0 Å². The molecular weight excluding hydrogens is 366 g/mol. The second-order valence-corrected chi connectivity index (χ2v) is 9.64. The molecule has 3 nitrogen and oxygen atoms in total. The summed E-state index contributed by atoms with van der Waals surface area (Å²) in [5, 5.41) is 3.42. The lowest BCUT2D eigenvalue weighted by Crippen LogP contribution is -2.54.